The molecule has 1 N–H and O–H groups in total. The number of aromatic nitrogens is 1. The molecule has 2 nitrogen and oxygen atoms in total. The second-order valence-corrected chi connectivity index (χ2v) is 6.28. The number of hydrogen-bond donors (Lipinski definition) is 1. The number of aryl methyl sites for hydroxylation is 1. The molecule has 3 rings (SSSR count). The number of hydrogen-bond acceptors (Lipinski definition) is 2. The van der Waals surface area contributed by atoms with Crippen molar-refractivity contribution in [2.75, 3.05) is 0 Å². The summed E-state index contributed by atoms with van der Waals surface area (Å²) in [6, 6.07) is 6.92. The van der Waals surface area contributed by atoms with Crippen LogP contribution in [0, 0.1) is 24.7 Å². The van der Waals surface area contributed by atoms with Crippen molar-refractivity contribution in [1.29, 1.82) is 0 Å². The number of fused-ring (bicyclic) bond motifs is 2. The highest BCUT2D eigenvalue weighted by atomic mass is 14.9. The van der Waals surface area contributed by atoms with E-state index in [0.717, 1.165) is 30.0 Å². The second kappa shape index (κ2) is 5.00. The largest absolute Gasteiger partial charge is 0.308 e. The van der Waals surface area contributed by atoms with Gasteiger partial charge in [0.1, 0.15) is 0 Å². The zero-order valence-corrected chi connectivity index (χ0v) is 11.5. The van der Waals surface area contributed by atoms with Gasteiger partial charge in [0.15, 0.2) is 0 Å². The van der Waals surface area contributed by atoms with Crippen molar-refractivity contribution in [1.82, 2.24) is 10.3 Å². The maximum Gasteiger partial charge on any atom is 0.0544 e. The number of rotatable bonds is 4. The third-order valence-corrected chi connectivity index (χ3v) is 4.99. The van der Waals surface area contributed by atoms with Crippen LogP contribution >= 0.6 is 0 Å². The van der Waals surface area contributed by atoms with Crippen LogP contribution in [-0.2, 0) is 6.54 Å². The molecule has 1 aromatic heterocycles. The first-order valence-electron chi connectivity index (χ1n) is 7.38. The first kappa shape index (κ1) is 12.2. The van der Waals surface area contributed by atoms with Crippen LogP contribution in [-0.4, -0.2) is 11.0 Å². The molecule has 2 saturated carbocycles. The zero-order chi connectivity index (χ0) is 12.5. The Hall–Kier alpha value is -0.890. The maximum absolute atomic E-state index is 4.56. The zero-order valence-electron chi connectivity index (χ0n) is 11.5. The van der Waals surface area contributed by atoms with Crippen molar-refractivity contribution >= 4 is 0 Å². The lowest BCUT2D eigenvalue weighted by atomic mass is 9.84. The Bertz CT molecular complexity index is 415. The smallest absolute Gasteiger partial charge is 0.0544 e. The van der Waals surface area contributed by atoms with Crippen molar-refractivity contribution < 1.29 is 0 Å². The lowest BCUT2D eigenvalue weighted by Crippen LogP contribution is -2.36. The van der Waals surface area contributed by atoms with Crippen LogP contribution in [0.2, 0.25) is 0 Å². The highest BCUT2D eigenvalue weighted by Crippen LogP contribution is 2.49. The van der Waals surface area contributed by atoms with E-state index in [0.29, 0.717) is 6.04 Å². The third kappa shape index (κ3) is 2.44. The first-order chi connectivity index (χ1) is 8.72. The summed E-state index contributed by atoms with van der Waals surface area (Å²) in [5, 5.41) is 3.69. The molecule has 18 heavy (non-hydrogen) atoms. The Morgan fingerprint density at radius 2 is 2.22 bits per heavy atom. The topological polar surface area (TPSA) is 24.9 Å². The molecule has 98 valence electrons. The molecule has 0 radical (unpaired) electrons. The Kier molecular flexibility index (Phi) is 3.38. The van der Waals surface area contributed by atoms with Gasteiger partial charge in [0.2, 0.25) is 0 Å². The third-order valence-electron chi connectivity index (χ3n) is 4.99. The number of pyridine rings is 1. The summed E-state index contributed by atoms with van der Waals surface area (Å²) in [4.78, 5) is 4.56. The monoisotopic (exact) mass is 244 g/mol. The molecule has 2 bridgehead atoms. The minimum absolute atomic E-state index is 0.641. The Balaban J connectivity index is 1.54. The molecule has 4 atom stereocenters. The van der Waals surface area contributed by atoms with E-state index in [2.05, 4.69) is 42.3 Å². The molecule has 4 unspecified atom stereocenters. The van der Waals surface area contributed by atoms with E-state index in [9.17, 15) is 0 Å². The Labute approximate surface area is 110 Å². The van der Waals surface area contributed by atoms with Gasteiger partial charge in [0.05, 0.1) is 5.69 Å². The van der Waals surface area contributed by atoms with Gasteiger partial charge in [0, 0.05) is 18.3 Å². The molecular formula is C16H24N2. The van der Waals surface area contributed by atoms with E-state index in [-0.39, 0.29) is 0 Å². The van der Waals surface area contributed by atoms with Crippen molar-refractivity contribution in [3.63, 3.8) is 0 Å². The maximum atomic E-state index is 4.56. The van der Waals surface area contributed by atoms with Gasteiger partial charge in [-0.1, -0.05) is 12.5 Å². The van der Waals surface area contributed by atoms with E-state index >= 15 is 0 Å². The summed E-state index contributed by atoms with van der Waals surface area (Å²) in [5.41, 5.74) is 2.28. The van der Waals surface area contributed by atoms with Gasteiger partial charge in [-0.25, -0.2) is 0 Å². The van der Waals surface area contributed by atoms with Gasteiger partial charge in [0.25, 0.3) is 0 Å². The first-order valence-corrected chi connectivity index (χ1v) is 7.38. The minimum atomic E-state index is 0.641. The fourth-order valence-electron chi connectivity index (χ4n) is 4.02. The molecule has 2 aliphatic rings. The summed E-state index contributed by atoms with van der Waals surface area (Å²) in [7, 11) is 0. The summed E-state index contributed by atoms with van der Waals surface area (Å²) >= 11 is 0. The molecule has 0 amide bonds. The SMILES string of the molecule is Cc1cccc(CNC(C)C2CC3CCC2C3)n1. The van der Waals surface area contributed by atoms with Crippen LogP contribution in [0.25, 0.3) is 0 Å². The molecule has 0 aromatic carbocycles. The van der Waals surface area contributed by atoms with E-state index in [1.165, 1.54) is 31.4 Å². The number of nitrogens with one attached hydrogen (secondary N) is 1. The normalized spacial score (nSPS) is 31.8. The molecule has 2 heteroatoms. The summed E-state index contributed by atoms with van der Waals surface area (Å²) in [6.45, 7) is 5.33. The lowest BCUT2D eigenvalue weighted by molar-refractivity contribution is 0.259. The molecule has 0 aliphatic heterocycles. The van der Waals surface area contributed by atoms with Gasteiger partial charge < -0.3 is 5.32 Å². The van der Waals surface area contributed by atoms with E-state index in [4.69, 9.17) is 0 Å². The molecule has 1 aromatic rings. The van der Waals surface area contributed by atoms with Gasteiger partial charge in [-0.2, -0.15) is 0 Å². The molecule has 2 aliphatic carbocycles. The van der Waals surface area contributed by atoms with Gasteiger partial charge >= 0.3 is 0 Å². The highest BCUT2D eigenvalue weighted by Gasteiger charge is 2.41. The molecule has 0 saturated heterocycles. The van der Waals surface area contributed by atoms with Gasteiger partial charge in [-0.15, -0.1) is 0 Å². The fraction of sp³-hybridized carbons (Fsp3) is 0.688. The number of nitrogens with zero attached hydrogens (tertiary/aromatic N) is 1. The quantitative estimate of drug-likeness (QED) is 0.879. The van der Waals surface area contributed by atoms with Crippen molar-refractivity contribution in [2.45, 2.75) is 52.1 Å². The molecule has 0 spiro atoms. The van der Waals surface area contributed by atoms with Crippen LogP contribution in [0.1, 0.15) is 44.0 Å². The van der Waals surface area contributed by atoms with Crippen LogP contribution in [0.5, 0.6) is 0 Å². The van der Waals surface area contributed by atoms with Gasteiger partial charge in [-0.05, 0) is 63.0 Å². The van der Waals surface area contributed by atoms with E-state index in [1.54, 1.807) is 0 Å². The Morgan fingerprint density at radius 3 is 2.89 bits per heavy atom. The second-order valence-electron chi connectivity index (χ2n) is 6.28. The van der Waals surface area contributed by atoms with Crippen LogP contribution in [0.3, 0.4) is 0 Å². The molecule has 2 fully saturated rings. The van der Waals surface area contributed by atoms with E-state index < -0.39 is 0 Å². The predicted octanol–water partition coefficient (Wildman–Crippen LogP) is 3.30. The average molecular weight is 244 g/mol. The van der Waals surface area contributed by atoms with Crippen molar-refractivity contribution in [3.05, 3.63) is 29.6 Å². The van der Waals surface area contributed by atoms with Crippen molar-refractivity contribution in [3.8, 4) is 0 Å². The van der Waals surface area contributed by atoms with Crippen molar-refractivity contribution in [2.24, 2.45) is 17.8 Å². The molecular weight excluding hydrogens is 220 g/mol. The van der Waals surface area contributed by atoms with Crippen LogP contribution in [0.15, 0.2) is 18.2 Å². The highest BCUT2D eigenvalue weighted by molar-refractivity contribution is 5.09. The van der Waals surface area contributed by atoms with E-state index in [1.807, 2.05) is 0 Å². The molecule has 1 heterocycles. The standard InChI is InChI=1S/C16H24N2/c1-11-4-3-5-15(18-11)10-17-12(2)16-9-13-6-7-14(16)8-13/h3-5,12-14,16-17H,6-10H2,1-2H3. The lowest BCUT2D eigenvalue weighted by Gasteiger charge is -2.28. The summed E-state index contributed by atoms with van der Waals surface area (Å²) in [6.07, 6.45) is 5.93. The average Bonchev–Trinajstić information content (AvgIpc) is 2.98. The predicted molar refractivity (Wildman–Crippen MR) is 74.2 cm³/mol. The fourth-order valence-corrected chi connectivity index (χ4v) is 4.02. The minimum Gasteiger partial charge on any atom is -0.308 e. The van der Waals surface area contributed by atoms with Gasteiger partial charge in [-0.3, -0.25) is 4.98 Å². The summed E-state index contributed by atoms with van der Waals surface area (Å²) < 4.78 is 0. The van der Waals surface area contributed by atoms with Crippen LogP contribution < -0.4 is 5.32 Å². The summed E-state index contributed by atoms with van der Waals surface area (Å²) in [5.74, 6) is 2.96. The Morgan fingerprint density at radius 1 is 1.33 bits per heavy atom. The van der Waals surface area contributed by atoms with Crippen LogP contribution in [0.4, 0.5) is 0 Å².